The number of hydrogen-bond acceptors (Lipinski definition) is 2. The maximum atomic E-state index is 13.3. The predicted molar refractivity (Wildman–Crippen MR) is 61.2 cm³/mol. The van der Waals surface area contributed by atoms with Crippen LogP contribution in [-0.2, 0) is 10.0 Å². The van der Waals surface area contributed by atoms with Gasteiger partial charge in [0.15, 0.2) is 0 Å². The van der Waals surface area contributed by atoms with E-state index in [9.17, 15) is 12.8 Å². The standard InChI is InChI=1S/C9H9BrFNO2S/c1-15(13,14)12-6-9(11)7-2-4-8(10)5-3-7/h2-6,12H,1H3/b9-6+. The molecule has 0 unspecified atom stereocenters. The van der Waals surface area contributed by atoms with E-state index >= 15 is 0 Å². The summed E-state index contributed by atoms with van der Waals surface area (Å²) in [5.74, 6) is -0.632. The second kappa shape index (κ2) is 4.76. The normalized spacial score (nSPS) is 12.6. The van der Waals surface area contributed by atoms with Gasteiger partial charge in [-0.25, -0.2) is 12.8 Å². The van der Waals surface area contributed by atoms with E-state index < -0.39 is 15.9 Å². The molecule has 0 saturated heterocycles. The molecule has 82 valence electrons. The Bertz CT molecular complexity index is 467. The highest BCUT2D eigenvalue weighted by Gasteiger charge is 2.01. The van der Waals surface area contributed by atoms with E-state index in [1.165, 1.54) is 0 Å². The smallest absolute Gasteiger partial charge is 0.229 e. The minimum Gasteiger partial charge on any atom is -0.288 e. The Labute approximate surface area is 96.2 Å². The van der Waals surface area contributed by atoms with Crippen LogP contribution in [0.1, 0.15) is 5.56 Å². The van der Waals surface area contributed by atoms with Crippen LogP contribution in [0.15, 0.2) is 34.9 Å². The summed E-state index contributed by atoms with van der Waals surface area (Å²) < 4.78 is 37.5. The lowest BCUT2D eigenvalue weighted by molar-refractivity contribution is 0.596. The Hall–Kier alpha value is -0.880. The summed E-state index contributed by atoms with van der Waals surface area (Å²) in [7, 11) is -3.41. The fourth-order valence-corrected chi connectivity index (χ4v) is 1.43. The first-order chi connectivity index (χ1) is 6.88. The Kier molecular flexibility index (Phi) is 3.87. The zero-order valence-electron chi connectivity index (χ0n) is 7.87. The maximum absolute atomic E-state index is 13.3. The van der Waals surface area contributed by atoms with Gasteiger partial charge in [-0.2, -0.15) is 0 Å². The summed E-state index contributed by atoms with van der Waals surface area (Å²) in [5.41, 5.74) is 0.314. The third-order valence-electron chi connectivity index (χ3n) is 1.52. The van der Waals surface area contributed by atoms with Gasteiger partial charge in [0.1, 0.15) is 5.83 Å². The van der Waals surface area contributed by atoms with Gasteiger partial charge in [-0.05, 0) is 12.1 Å². The van der Waals surface area contributed by atoms with Crippen molar-refractivity contribution in [1.29, 1.82) is 0 Å². The molecule has 0 aliphatic carbocycles. The monoisotopic (exact) mass is 293 g/mol. The Morgan fingerprint density at radius 2 is 1.93 bits per heavy atom. The van der Waals surface area contributed by atoms with Crippen LogP contribution in [0.5, 0.6) is 0 Å². The number of hydrogen-bond donors (Lipinski definition) is 1. The maximum Gasteiger partial charge on any atom is 0.229 e. The number of sulfonamides is 1. The van der Waals surface area contributed by atoms with E-state index in [2.05, 4.69) is 15.9 Å². The van der Waals surface area contributed by atoms with Crippen molar-refractivity contribution in [2.24, 2.45) is 0 Å². The molecule has 0 fully saturated rings. The molecule has 0 aliphatic heterocycles. The number of rotatable bonds is 3. The molecule has 0 saturated carbocycles. The fraction of sp³-hybridized carbons (Fsp3) is 0.111. The minimum absolute atomic E-state index is 0.314. The average Bonchev–Trinajstić information content (AvgIpc) is 2.14. The molecule has 1 aromatic rings. The summed E-state index contributed by atoms with van der Waals surface area (Å²) in [4.78, 5) is 0. The largest absolute Gasteiger partial charge is 0.288 e. The first kappa shape index (κ1) is 12.2. The Balaban J connectivity index is 2.85. The van der Waals surface area contributed by atoms with E-state index in [4.69, 9.17) is 0 Å². The molecular formula is C9H9BrFNO2S. The minimum atomic E-state index is -3.41. The Morgan fingerprint density at radius 3 is 2.40 bits per heavy atom. The van der Waals surface area contributed by atoms with Crippen molar-refractivity contribution in [2.45, 2.75) is 0 Å². The first-order valence-electron chi connectivity index (χ1n) is 3.97. The molecule has 0 aliphatic rings. The SMILES string of the molecule is CS(=O)(=O)N/C=C(/F)c1ccc(Br)cc1. The summed E-state index contributed by atoms with van der Waals surface area (Å²) in [5, 5.41) is 0. The van der Waals surface area contributed by atoms with Crippen LogP contribution < -0.4 is 4.72 Å². The number of halogens is 2. The highest BCUT2D eigenvalue weighted by molar-refractivity contribution is 9.10. The van der Waals surface area contributed by atoms with Gasteiger partial charge < -0.3 is 0 Å². The zero-order chi connectivity index (χ0) is 11.5. The Morgan fingerprint density at radius 1 is 1.40 bits per heavy atom. The van der Waals surface area contributed by atoms with Crippen molar-refractivity contribution >= 4 is 31.8 Å². The lowest BCUT2D eigenvalue weighted by atomic mass is 10.2. The molecule has 0 atom stereocenters. The van der Waals surface area contributed by atoms with Crippen molar-refractivity contribution in [3.8, 4) is 0 Å². The van der Waals surface area contributed by atoms with E-state index in [0.29, 0.717) is 5.56 Å². The molecule has 1 N–H and O–H groups in total. The average molecular weight is 294 g/mol. The van der Waals surface area contributed by atoms with Gasteiger partial charge in [0, 0.05) is 16.2 Å². The second-order valence-electron chi connectivity index (χ2n) is 2.89. The van der Waals surface area contributed by atoms with Gasteiger partial charge in [-0.15, -0.1) is 0 Å². The van der Waals surface area contributed by atoms with Crippen LogP contribution >= 0.6 is 15.9 Å². The third kappa shape index (κ3) is 4.44. The van der Waals surface area contributed by atoms with Crippen LogP contribution in [-0.4, -0.2) is 14.7 Å². The van der Waals surface area contributed by atoms with Gasteiger partial charge in [-0.1, -0.05) is 28.1 Å². The highest BCUT2D eigenvalue weighted by Crippen LogP contribution is 2.18. The number of nitrogens with one attached hydrogen (secondary N) is 1. The summed E-state index contributed by atoms with van der Waals surface area (Å²) in [6.07, 6.45) is 1.77. The van der Waals surface area contributed by atoms with Gasteiger partial charge in [0.05, 0.1) is 6.26 Å². The third-order valence-corrected chi connectivity index (χ3v) is 2.59. The van der Waals surface area contributed by atoms with Crippen molar-refractivity contribution in [1.82, 2.24) is 4.72 Å². The molecule has 6 heteroatoms. The second-order valence-corrected chi connectivity index (χ2v) is 5.58. The summed E-state index contributed by atoms with van der Waals surface area (Å²) in [6.45, 7) is 0. The topological polar surface area (TPSA) is 46.2 Å². The molecule has 1 rings (SSSR count). The molecule has 0 radical (unpaired) electrons. The van der Waals surface area contributed by atoms with Crippen LogP contribution in [0.3, 0.4) is 0 Å². The lowest BCUT2D eigenvalue weighted by Gasteiger charge is -1.99. The number of benzene rings is 1. The first-order valence-corrected chi connectivity index (χ1v) is 6.66. The van der Waals surface area contributed by atoms with Crippen LogP contribution in [0.25, 0.3) is 5.83 Å². The molecule has 0 bridgehead atoms. The predicted octanol–water partition coefficient (Wildman–Crippen LogP) is 2.27. The van der Waals surface area contributed by atoms with Crippen LogP contribution in [0.4, 0.5) is 4.39 Å². The van der Waals surface area contributed by atoms with E-state index in [1.807, 2.05) is 4.72 Å². The fourth-order valence-electron chi connectivity index (χ4n) is 0.851. The van der Waals surface area contributed by atoms with Gasteiger partial charge in [0.2, 0.25) is 10.0 Å². The molecule has 3 nitrogen and oxygen atoms in total. The van der Waals surface area contributed by atoms with Crippen molar-refractivity contribution in [3.05, 3.63) is 40.5 Å². The van der Waals surface area contributed by atoms with Crippen molar-refractivity contribution < 1.29 is 12.8 Å². The zero-order valence-corrected chi connectivity index (χ0v) is 10.3. The molecule has 0 amide bonds. The molecular weight excluding hydrogens is 285 g/mol. The summed E-state index contributed by atoms with van der Waals surface area (Å²) >= 11 is 3.21. The summed E-state index contributed by atoms with van der Waals surface area (Å²) in [6, 6.07) is 6.42. The van der Waals surface area contributed by atoms with Crippen LogP contribution in [0, 0.1) is 0 Å². The molecule has 0 heterocycles. The van der Waals surface area contributed by atoms with Gasteiger partial charge in [0.25, 0.3) is 0 Å². The van der Waals surface area contributed by atoms with Crippen LogP contribution in [0.2, 0.25) is 0 Å². The molecule has 0 aromatic heterocycles. The van der Waals surface area contributed by atoms with Gasteiger partial charge in [-0.3, -0.25) is 4.72 Å². The highest BCUT2D eigenvalue weighted by atomic mass is 79.9. The molecule has 15 heavy (non-hydrogen) atoms. The molecule has 0 spiro atoms. The van der Waals surface area contributed by atoms with E-state index in [0.717, 1.165) is 16.9 Å². The van der Waals surface area contributed by atoms with E-state index in [1.54, 1.807) is 24.3 Å². The van der Waals surface area contributed by atoms with Crippen molar-refractivity contribution in [3.63, 3.8) is 0 Å². The van der Waals surface area contributed by atoms with Crippen molar-refractivity contribution in [2.75, 3.05) is 6.26 Å². The molecule has 1 aromatic carbocycles. The van der Waals surface area contributed by atoms with Gasteiger partial charge >= 0.3 is 0 Å². The van der Waals surface area contributed by atoms with E-state index in [-0.39, 0.29) is 0 Å². The lowest BCUT2D eigenvalue weighted by Crippen LogP contribution is -2.15. The quantitative estimate of drug-likeness (QED) is 0.929.